The van der Waals surface area contributed by atoms with E-state index in [2.05, 4.69) is 10.0 Å². The number of hydrogen-bond donors (Lipinski definition) is 2. The molecule has 3 rings (SSSR count). The Hall–Kier alpha value is -3.17. The SMILES string of the molecule is COc1ccc(S[C@H](C)C(=O)Nc2ccc(S(=O)(=O)Nc3ccccc3)cc2)cc1OC. The fourth-order valence-electron chi connectivity index (χ4n) is 2.83. The van der Waals surface area contributed by atoms with Crippen LogP contribution < -0.4 is 19.5 Å². The summed E-state index contributed by atoms with van der Waals surface area (Å²) in [6.07, 6.45) is 0. The molecule has 0 aliphatic rings. The second kappa shape index (κ2) is 10.4. The number of ether oxygens (including phenoxy) is 2. The highest BCUT2D eigenvalue weighted by atomic mass is 32.2. The molecule has 7 nitrogen and oxygen atoms in total. The average molecular weight is 473 g/mol. The van der Waals surface area contributed by atoms with Crippen LogP contribution in [0.25, 0.3) is 0 Å². The number of carbonyl (C=O) groups excluding carboxylic acids is 1. The molecule has 0 spiro atoms. The Morgan fingerprint density at radius 3 is 2.16 bits per heavy atom. The van der Waals surface area contributed by atoms with Gasteiger partial charge in [0.1, 0.15) is 0 Å². The van der Waals surface area contributed by atoms with Gasteiger partial charge in [-0.1, -0.05) is 18.2 Å². The van der Waals surface area contributed by atoms with Gasteiger partial charge >= 0.3 is 0 Å². The van der Waals surface area contributed by atoms with Crippen molar-refractivity contribution in [2.24, 2.45) is 0 Å². The van der Waals surface area contributed by atoms with Crippen LogP contribution in [-0.4, -0.2) is 33.8 Å². The van der Waals surface area contributed by atoms with E-state index in [0.717, 1.165) is 4.90 Å². The van der Waals surface area contributed by atoms with Crippen LogP contribution in [0.1, 0.15) is 6.92 Å². The number of anilines is 2. The van der Waals surface area contributed by atoms with Crippen LogP contribution >= 0.6 is 11.8 Å². The molecule has 1 atom stereocenters. The number of thioether (sulfide) groups is 1. The van der Waals surface area contributed by atoms with E-state index in [-0.39, 0.29) is 10.8 Å². The Labute approximate surface area is 192 Å². The number of hydrogen-bond acceptors (Lipinski definition) is 6. The van der Waals surface area contributed by atoms with E-state index < -0.39 is 15.3 Å². The first-order chi connectivity index (χ1) is 15.3. The molecule has 0 aliphatic heterocycles. The molecule has 168 valence electrons. The monoisotopic (exact) mass is 472 g/mol. The van der Waals surface area contributed by atoms with Crippen LogP contribution in [-0.2, 0) is 14.8 Å². The lowest BCUT2D eigenvalue weighted by molar-refractivity contribution is -0.115. The van der Waals surface area contributed by atoms with Gasteiger partial charge in [-0.15, -0.1) is 11.8 Å². The molecular weight excluding hydrogens is 448 g/mol. The van der Waals surface area contributed by atoms with Crippen molar-refractivity contribution in [1.82, 2.24) is 0 Å². The molecule has 0 aromatic heterocycles. The summed E-state index contributed by atoms with van der Waals surface area (Å²) in [4.78, 5) is 13.6. The van der Waals surface area contributed by atoms with E-state index in [1.165, 1.54) is 23.9 Å². The van der Waals surface area contributed by atoms with E-state index in [0.29, 0.717) is 22.9 Å². The number of nitrogens with one attached hydrogen (secondary N) is 2. The summed E-state index contributed by atoms with van der Waals surface area (Å²) < 4.78 is 38.1. The zero-order valence-electron chi connectivity index (χ0n) is 17.9. The maximum Gasteiger partial charge on any atom is 0.261 e. The molecule has 9 heteroatoms. The average Bonchev–Trinajstić information content (AvgIpc) is 2.79. The number of rotatable bonds is 9. The summed E-state index contributed by atoms with van der Waals surface area (Å²) in [5.74, 6) is 1.000. The highest BCUT2D eigenvalue weighted by molar-refractivity contribution is 8.00. The molecule has 0 fully saturated rings. The highest BCUT2D eigenvalue weighted by Crippen LogP contribution is 2.33. The fraction of sp³-hybridized carbons (Fsp3) is 0.174. The molecule has 0 saturated heterocycles. The lowest BCUT2D eigenvalue weighted by Gasteiger charge is -2.14. The van der Waals surface area contributed by atoms with Crippen LogP contribution in [0.15, 0.2) is 82.6 Å². The van der Waals surface area contributed by atoms with Crippen LogP contribution in [0.2, 0.25) is 0 Å². The predicted octanol–water partition coefficient (Wildman–Crippen LogP) is 4.62. The van der Waals surface area contributed by atoms with E-state index in [1.54, 1.807) is 69.7 Å². The lowest BCUT2D eigenvalue weighted by Crippen LogP contribution is -2.22. The molecule has 0 saturated carbocycles. The zero-order chi connectivity index (χ0) is 23.1. The van der Waals surface area contributed by atoms with Gasteiger partial charge in [0.2, 0.25) is 5.91 Å². The normalized spacial score (nSPS) is 12.0. The number of sulfonamides is 1. The maximum absolute atomic E-state index is 12.6. The topological polar surface area (TPSA) is 93.7 Å². The van der Waals surface area contributed by atoms with E-state index in [4.69, 9.17) is 9.47 Å². The van der Waals surface area contributed by atoms with Gasteiger partial charge in [-0.2, -0.15) is 0 Å². The van der Waals surface area contributed by atoms with Crippen molar-refractivity contribution >= 4 is 39.1 Å². The maximum atomic E-state index is 12.6. The van der Waals surface area contributed by atoms with Gasteiger partial charge in [0, 0.05) is 16.3 Å². The molecule has 0 bridgehead atoms. The van der Waals surface area contributed by atoms with Crippen LogP contribution in [0.5, 0.6) is 11.5 Å². The van der Waals surface area contributed by atoms with Gasteiger partial charge in [0.15, 0.2) is 11.5 Å². The van der Waals surface area contributed by atoms with Crippen molar-refractivity contribution in [3.8, 4) is 11.5 Å². The molecule has 0 unspecified atom stereocenters. The smallest absolute Gasteiger partial charge is 0.261 e. The van der Waals surface area contributed by atoms with E-state index in [1.807, 2.05) is 12.1 Å². The van der Waals surface area contributed by atoms with Gasteiger partial charge in [0.25, 0.3) is 10.0 Å². The molecule has 3 aromatic carbocycles. The molecule has 0 heterocycles. The van der Waals surface area contributed by atoms with Crippen LogP contribution in [0.4, 0.5) is 11.4 Å². The minimum absolute atomic E-state index is 0.104. The number of carbonyl (C=O) groups is 1. The standard InChI is InChI=1S/C23H24N2O5S2/c1-16(31-19-11-14-21(29-2)22(15-19)30-3)23(26)24-17-9-12-20(13-10-17)32(27,28)25-18-7-5-4-6-8-18/h4-16,25H,1-3H3,(H,24,26)/t16-/m1/s1. The third-order valence-electron chi connectivity index (χ3n) is 4.50. The number of para-hydroxylation sites is 1. The van der Waals surface area contributed by atoms with Crippen molar-refractivity contribution in [2.45, 2.75) is 22.0 Å². The second-order valence-corrected chi connectivity index (χ2v) is 9.86. The summed E-state index contributed by atoms with van der Waals surface area (Å²) in [5.41, 5.74) is 0.985. The number of benzene rings is 3. The Morgan fingerprint density at radius 1 is 0.875 bits per heavy atom. The lowest BCUT2D eigenvalue weighted by atomic mass is 10.3. The summed E-state index contributed by atoms with van der Waals surface area (Å²) in [6.45, 7) is 1.79. The van der Waals surface area contributed by atoms with Crippen LogP contribution in [0.3, 0.4) is 0 Å². The minimum atomic E-state index is -3.72. The van der Waals surface area contributed by atoms with Gasteiger partial charge in [-0.05, 0) is 61.5 Å². The Kier molecular flexibility index (Phi) is 7.66. The van der Waals surface area contributed by atoms with E-state index in [9.17, 15) is 13.2 Å². The summed E-state index contributed by atoms with van der Waals surface area (Å²) in [5, 5.41) is 2.42. The Morgan fingerprint density at radius 2 is 1.53 bits per heavy atom. The van der Waals surface area contributed by atoms with Gasteiger partial charge in [-0.3, -0.25) is 9.52 Å². The molecule has 2 N–H and O–H groups in total. The first-order valence-corrected chi connectivity index (χ1v) is 12.1. The Balaban J connectivity index is 1.63. The summed E-state index contributed by atoms with van der Waals surface area (Å²) in [7, 11) is -0.595. The summed E-state index contributed by atoms with van der Waals surface area (Å²) in [6, 6.07) is 20.1. The first-order valence-electron chi connectivity index (χ1n) is 9.70. The second-order valence-electron chi connectivity index (χ2n) is 6.76. The number of methoxy groups -OCH3 is 2. The van der Waals surface area contributed by atoms with Crippen molar-refractivity contribution < 1.29 is 22.7 Å². The first kappa shape index (κ1) is 23.5. The van der Waals surface area contributed by atoms with Gasteiger partial charge < -0.3 is 14.8 Å². The third-order valence-corrected chi connectivity index (χ3v) is 6.99. The summed E-state index contributed by atoms with van der Waals surface area (Å²) >= 11 is 1.37. The van der Waals surface area contributed by atoms with Crippen LogP contribution in [0, 0.1) is 0 Å². The molecule has 0 radical (unpaired) electrons. The van der Waals surface area contributed by atoms with Gasteiger partial charge in [-0.25, -0.2) is 8.42 Å². The minimum Gasteiger partial charge on any atom is -0.493 e. The largest absolute Gasteiger partial charge is 0.493 e. The molecular formula is C23H24N2O5S2. The fourth-order valence-corrected chi connectivity index (χ4v) is 4.78. The zero-order valence-corrected chi connectivity index (χ0v) is 19.5. The molecule has 1 amide bonds. The third kappa shape index (κ3) is 5.95. The van der Waals surface area contributed by atoms with Crippen molar-refractivity contribution in [1.29, 1.82) is 0 Å². The quantitative estimate of drug-likeness (QED) is 0.441. The number of amides is 1. The Bertz CT molecular complexity index is 1170. The van der Waals surface area contributed by atoms with E-state index >= 15 is 0 Å². The van der Waals surface area contributed by atoms with Crippen molar-refractivity contribution in [3.63, 3.8) is 0 Å². The molecule has 32 heavy (non-hydrogen) atoms. The van der Waals surface area contributed by atoms with Crippen molar-refractivity contribution in [2.75, 3.05) is 24.3 Å². The van der Waals surface area contributed by atoms with Gasteiger partial charge in [0.05, 0.1) is 24.4 Å². The molecule has 3 aromatic rings. The molecule has 0 aliphatic carbocycles. The predicted molar refractivity (Wildman–Crippen MR) is 127 cm³/mol. The highest BCUT2D eigenvalue weighted by Gasteiger charge is 2.17. The van der Waals surface area contributed by atoms with Crippen molar-refractivity contribution in [3.05, 3.63) is 72.8 Å².